The molecule has 17 heavy (non-hydrogen) atoms. The molecule has 1 fully saturated rings. The zero-order valence-corrected chi connectivity index (χ0v) is 10.7. The molecule has 5 heteroatoms. The van der Waals surface area contributed by atoms with Crippen LogP contribution >= 0.6 is 0 Å². The maximum Gasteiger partial charge on any atom is 0.237 e. The number of likely N-dealkylation sites (tertiary alicyclic amines) is 1. The fourth-order valence-electron chi connectivity index (χ4n) is 1.84. The Kier molecular flexibility index (Phi) is 5.41. The summed E-state index contributed by atoms with van der Waals surface area (Å²) in [5.41, 5.74) is 5.69. The normalized spacial score (nSPS) is 17.3. The predicted molar refractivity (Wildman–Crippen MR) is 66.3 cm³/mol. The van der Waals surface area contributed by atoms with Crippen LogP contribution in [0.5, 0.6) is 0 Å². The second kappa shape index (κ2) is 6.59. The first-order valence-electron chi connectivity index (χ1n) is 6.33. The van der Waals surface area contributed by atoms with Crippen LogP contribution in [0.15, 0.2) is 0 Å². The van der Waals surface area contributed by atoms with E-state index in [0.29, 0.717) is 13.0 Å². The summed E-state index contributed by atoms with van der Waals surface area (Å²) in [5, 5.41) is 2.71. The molecule has 0 spiro atoms. The molecule has 1 heterocycles. The number of nitrogens with zero attached hydrogens (tertiary/aromatic N) is 1. The van der Waals surface area contributed by atoms with Crippen LogP contribution < -0.4 is 11.1 Å². The van der Waals surface area contributed by atoms with Crippen LogP contribution in [0, 0.1) is 5.92 Å². The van der Waals surface area contributed by atoms with Gasteiger partial charge in [0.2, 0.25) is 11.8 Å². The van der Waals surface area contributed by atoms with Crippen molar-refractivity contribution in [3.05, 3.63) is 0 Å². The van der Waals surface area contributed by atoms with Gasteiger partial charge in [-0.2, -0.15) is 0 Å². The average Bonchev–Trinajstić information content (AvgIpc) is 2.80. The van der Waals surface area contributed by atoms with Crippen LogP contribution in [-0.2, 0) is 9.59 Å². The molecule has 5 nitrogen and oxygen atoms in total. The third-order valence-electron chi connectivity index (χ3n) is 3.12. The lowest BCUT2D eigenvalue weighted by atomic mass is 10.1. The van der Waals surface area contributed by atoms with Gasteiger partial charge in [0, 0.05) is 26.1 Å². The fraction of sp³-hybridized carbons (Fsp3) is 0.833. The molecule has 2 amide bonds. The van der Waals surface area contributed by atoms with E-state index >= 15 is 0 Å². The molecule has 98 valence electrons. The van der Waals surface area contributed by atoms with E-state index in [1.807, 2.05) is 18.7 Å². The molecule has 0 aliphatic carbocycles. The molecule has 0 bridgehead atoms. The largest absolute Gasteiger partial charge is 0.354 e. The Hall–Kier alpha value is -1.10. The molecule has 1 rings (SSSR count). The van der Waals surface area contributed by atoms with Gasteiger partial charge in [-0.15, -0.1) is 0 Å². The first-order chi connectivity index (χ1) is 8.02. The van der Waals surface area contributed by atoms with Gasteiger partial charge in [-0.25, -0.2) is 0 Å². The second-order valence-corrected chi connectivity index (χ2v) is 4.90. The number of carbonyl (C=O) groups is 2. The summed E-state index contributed by atoms with van der Waals surface area (Å²) in [6, 6.07) is -0.489. The van der Waals surface area contributed by atoms with E-state index in [4.69, 9.17) is 5.73 Å². The van der Waals surface area contributed by atoms with Crippen molar-refractivity contribution < 1.29 is 9.59 Å². The molecule has 1 saturated heterocycles. The van der Waals surface area contributed by atoms with Crippen molar-refractivity contribution in [2.45, 2.75) is 39.2 Å². The highest BCUT2D eigenvalue weighted by Gasteiger charge is 2.19. The summed E-state index contributed by atoms with van der Waals surface area (Å²) >= 11 is 0. The monoisotopic (exact) mass is 241 g/mol. The Labute approximate surface area is 103 Å². The van der Waals surface area contributed by atoms with Gasteiger partial charge in [0.1, 0.15) is 0 Å². The highest BCUT2D eigenvalue weighted by Crippen LogP contribution is 2.08. The van der Waals surface area contributed by atoms with Gasteiger partial charge >= 0.3 is 0 Å². The maximum absolute atomic E-state index is 11.7. The molecule has 3 N–H and O–H groups in total. The first kappa shape index (κ1) is 14.0. The van der Waals surface area contributed by atoms with Crippen molar-refractivity contribution in [1.29, 1.82) is 0 Å². The van der Waals surface area contributed by atoms with Gasteiger partial charge in [0.25, 0.3) is 0 Å². The Morgan fingerprint density at radius 3 is 2.41 bits per heavy atom. The van der Waals surface area contributed by atoms with Crippen LogP contribution in [-0.4, -0.2) is 42.4 Å². The average molecular weight is 241 g/mol. The number of amides is 2. The molecule has 0 radical (unpaired) electrons. The van der Waals surface area contributed by atoms with Gasteiger partial charge in [-0.05, 0) is 18.8 Å². The number of hydrogen-bond acceptors (Lipinski definition) is 3. The summed E-state index contributed by atoms with van der Waals surface area (Å²) in [6.45, 7) is 5.91. The zero-order chi connectivity index (χ0) is 12.8. The van der Waals surface area contributed by atoms with Crippen LogP contribution in [0.25, 0.3) is 0 Å². The van der Waals surface area contributed by atoms with E-state index in [9.17, 15) is 9.59 Å². The Bertz CT molecular complexity index is 259. The Balaban J connectivity index is 2.18. The highest BCUT2D eigenvalue weighted by molar-refractivity contribution is 5.82. The molecule has 0 saturated carbocycles. The van der Waals surface area contributed by atoms with Crippen molar-refractivity contribution in [1.82, 2.24) is 10.2 Å². The number of rotatable bonds is 5. The van der Waals surface area contributed by atoms with Gasteiger partial charge in [-0.1, -0.05) is 13.8 Å². The molecule has 1 unspecified atom stereocenters. The van der Waals surface area contributed by atoms with Crippen molar-refractivity contribution in [3.63, 3.8) is 0 Å². The SMILES string of the molecule is CC(C)C(N)C(=O)NCCC(=O)N1CCCC1. The van der Waals surface area contributed by atoms with Crippen LogP contribution in [0.2, 0.25) is 0 Å². The van der Waals surface area contributed by atoms with Gasteiger partial charge < -0.3 is 16.0 Å². The van der Waals surface area contributed by atoms with Crippen LogP contribution in [0.3, 0.4) is 0 Å². The lowest BCUT2D eigenvalue weighted by molar-refractivity contribution is -0.130. The number of nitrogens with two attached hydrogens (primary N) is 1. The van der Waals surface area contributed by atoms with Crippen molar-refractivity contribution in [3.8, 4) is 0 Å². The van der Waals surface area contributed by atoms with E-state index < -0.39 is 6.04 Å². The molecular formula is C12H23N3O2. The van der Waals surface area contributed by atoms with Crippen molar-refractivity contribution in [2.75, 3.05) is 19.6 Å². The topological polar surface area (TPSA) is 75.4 Å². The summed E-state index contributed by atoms with van der Waals surface area (Å²) in [5.74, 6) is 0.0689. The fourth-order valence-corrected chi connectivity index (χ4v) is 1.84. The molecule has 1 aliphatic rings. The van der Waals surface area contributed by atoms with E-state index in [-0.39, 0.29) is 17.7 Å². The third-order valence-corrected chi connectivity index (χ3v) is 3.12. The van der Waals surface area contributed by atoms with Gasteiger partial charge in [0.05, 0.1) is 6.04 Å². The van der Waals surface area contributed by atoms with Crippen LogP contribution in [0.4, 0.5) is 0 Å². The van der Waals surface area contributed by atoms with E-state index in [0.717, 1.165) is 25.9 Å². The molecule has 0 aromatic rings. The maximum atomic E-state index is 11.7. The number of hydrogen-bond donors (Lipinski definition) is 2. The Morgan fingerprint density at radius 1 is 1.29 bits per heavy atom. The van der Waals surface area contributed by atoms with Crippen LogP contribution in [0.1, 0.15) is 33.1 Å². The summed E-state index contributed by atoms with van der Waals surface area (Å²) in [7, 11) is 0. The summed E-state index contributed by atoms with van der Waals surface area (Å²) < 4.78 is 0. The zero-order valence-electron chi connectivity index (χ0n) is 10.7. The third kappa shape index (κ3) is 4.34. The van der Waals surface area contributed by atoms with E-state index in [2.05, 4.69) is 5.32 Å². The molecule has 0 aromatic heterocycles. The lowest BCUT2D eigenvalue weighted by Gasteiger charge is -2.17. The second-order valence-electron chi connectivity index (χ2n) is 4.90. The molecule has 0 aromatic carbocycles. The highest BCUT2D eigenvalue weighted by atomic mass is 16.2. The summed E-state index contributed by atoms with van der Waals surface area (Å²) in [6.07, 6.45) is 2.56. The standard InChI is InChI=1S/C12H23N3O2/c1-9(2)11(13)12(17)14-6-5-10(16)15-7-3-4-8-15/h9,11H,3-8,13H2,1-2H3,(H,14,17). The van der Waals surface area contributed by atoms with Crippen molar-refractivity contribution >= 4 is 11.8 Å². The number of nitrogens with one attached hydrogen (secondary N) is 1. The minimum Gasteiger partial charge on any atom is -0.354 e. The van der Waals surface area contributed by atoms with Crippen molar-refractivity contribution in [2.24, 2.45) is 11.7 Å². The molecular weight excluding hydrogens is 218 g/mol. The Morgan fingerprint density at radius 2 is 1.88 bits per heavy atom. The van der Waals surface area contributed by atoms with E-state index in [1.165, 1.54) is 0 Å². The quantitative estimate of drug-likeness (QED) is 0.716. The van der Waals surface area contributed by atoms with E-state index in [1.54, 1.807) is 0 Å². The smallest absolute Gasteiger partial charge is 0.237 e. The minimum atomic E-state index is -0.489. The molecule has 1 atom stereocenters. The lowest BCUT2D eigenvalue weighted by Crippen LogP contribution is -2.45. The molecule has 1 aliphatic heterocycles. The summed E-state index contributed by atoms with van der Waals surface area (Å²) in [4.78, 5) is 25.1. The minimum absolute atomic E-state index is 0.115. The van der Waals surface area contributed by atoms with Gasteiger partial charge in [0.15, 0.2) is 0 Å². The predicted octanol–water partition coefficient (Wildman–Crippen LogP) is 0.0984. The first-order valence-corrected chi connectivity index (χ1v) is 6.33. The number of carbonyl (C=O) groups excluding carboxylic acids is 2. The van der Waals surface area contributed by atoms with Gasteiger partial charge in [-0.3, -0.25) is 9.59 Å².